The van der Waals surface area contributed by atoms with Crippen molar-refractivity contribution in [1.82, 2.24) is 10.6 Å². The molecule has 0 aromatic carbocycles. The van der Waals surface area contributed by atoms with Crippen molar-refractivity contribution in [2.24, 2.45) is 0 Å². The van der Waals surface area contributed by atoms with Crippen LogP contribution in [0.4, 0.5) is 0 Å². The molecule has 0 aromatic rings. The van der Waals surface area contributed by atoms with Crippen molar-refractivity contribution >= 4 is 5.97 Å². The van der Waals surface area contributed by atoms with Gasteiger partial charge in [-0.25, -0.2) is 0 Å². The molecule has 0 aromatic heterocycles. The highest BCUT2D eigenvalue weighted by Gasteiger charge is 2.15. The summed E-state index contributed by atoms with van der Waals surface area (Å²) in [6.07, 6.45) is 2.01. The Balaban J connectivity index is 3.61. The van der Waals surface area contributed by atoms with E-state index >= 15 is 0 Å². The van der Waals surface area contributed by atoms with Crippen LogP contribution in [0.3, 0.4) is 0 Å². The molecule has 0 bridgehead atoms. The van der Waals surface area contributed by atoms with Crippen LogP contribution in [0.15, 0.2) is 0 Å². The molecule has 0 spiro atoms. The second-order valence-corrected chi connectivity index (χ2v) is 3.55. The Kier molecular flexibility index (Phi) is 9.83. The van der Waals surface area contributed by atoms with Gasteiger partial charge in [0, 0.05) is 25.9 Å². The van der Waals surface area contributed by atoms with Gasteiger partial charge >= 0.3 is 5.97 Å². The van der Waals surface area contributed by atoms with Gasteiger partial charge in [0.1, 0.15) is 6.04 Å². The number of nitrogens with one attached hydrogen (secondary N) is 2. The lowest BCUT2D eigenvalue weighted by atomic mass is 10.1. The third-order valence-corrected chi connectivity index (χ3v) is 2.19. The molecule has 6 nitrogen and oxygen atoms in total. The topological polar surface area (TPSA) is 109 Å². The highest BCUT2D eigenvalue weighted by atomic mass is 16.4. The second kappa shape index (κ2) is 10.9. The molecule has 0 fully saturated rings. The van der Waals surface area contributed by atoms with Crippen LogP contribution in [-0.4, -0.2) is 36.8 Å². The van der Waals surface area contributed by atoms with E-state index in [1.807, 2.05) is 12.1 Å². The van der Waals surface area contributed by atoms with Gasteiger partial charge in [-0.2, -0.15) is 10.5 Å². The predicted octanol–water partition coefficient (Wildman–Crippen LogP) is 0.226. The first-order valence-corrected chi connectivity index (χ1v) is 5.63. The van der Waals surface area contributed by atoms with Crippen LogP contribution in [-0.2, 0) is 4.79 Å². The van der Waals surface area contributed by atoms with Crippen molar-refractivity contribution in [3.8, 4) is 12.1 Å². The minimum absolute atomic E-state index is 0.310. The molecule has 0 rings (SSSR count). The van der Waals surface area contributed by atoms with Crippen molar-refractivity contribution in [1.29, 1.82) is 10.5 Å². The van der Waals surface area contributed by atoms with E-state index in [-0.39, 0.29) is 0 Å². The lowest BCUT2D eigenvalue weighted by Crippen LogP contribution is -2.37. The summed E-state index contributed by atoms with van der Waals surface area (Å²) in [5.41, 5.74) is 0. The number of aliphatic carboxylic acids is 1. The molecular formula is C11H18N4O2. The molecule has 0 saturated heterocycles. The van der Waals surface area contributed by atoms with Crippen LogP contribution in [0.1, 0.15) is 25.7 Å². The first kappa shape index (κ1) is 15.4. The van der Waals surface area contributed by atoms with Crippen molar-refractivity contribution in [3.63, 3.8) is 0 Å². The predicted molar refractivity (Wildman–Crippen MR) is 62.0 cm³/mol. The summed E-state index contributed by atoms with van der Waals surface area (Å²) in [7, 11) is 0. The molecule has 0 aliphatic heterocycles. The van der Waals surface area contributed by atoms with Gasteiger partial charge in [0.05, 0.1) is 12.1 Å². The van der Waals surface area contributed by atoms with Crippen molar-refractivity contribution in [3.05, 3.63) is 0 Å². The summed E-state index contributed by atoms with van der Waals surface area (Å²) >= 11 is 0. The van der Waals surface area contributed by atoms with E-state index in [0.717, 1.165) is 6.42 Å². The number of rotatable bonds is 10. The van der Waals surface area contributed by atoms with Gasteiger partial charge in [-0.15, -0.1) is 0 Å². The lowest BCUT2D eigenvalue weighted by Gasteiger charge is -2.13. The number of carbonyl (C=O) groups is 1. The van der Waals surface area contributed by atoms with Gasteiger partial charge in [0.2, 0.25) is 0 Å². The van der Waals surface area contributed by atoms with E-state index in [0.29, 0.717) is 38.9 Å². The standard InChI is InChI=1S/C11H18N4O2/c12-5-2-8-14-7-1-4-10(11(16)17)15-9-3-6-13/h10,14-15H,1-4,7-9H2,(H,16,17)/t10-/m0/s1. The zero-order chi connectivity index (χ0) is 12.9. The Morgan fingerprint density at radius 2 is 1.82 bits per heavy atom. The van der Waals surface area contributed by atoms with E-state index in [4.69, 9.17) is 15.6 Å². The normalized spacial score (nSPS) is 11.4. The fourth-order valence-corrected chi connectivity index (χ4v) is 1.32. The molecule has 94 valence electrons. The van der Waals surface area contributed by atoms with Gasteiger partial charge in [-0.3, -0.25) is 4.79 Å². The molecular weight excluding hydrogens is 220 g/mol. The molecule has 0 unspecified atom stereocenters. The Labute approximate surface area is 101 Å². The molecule has 0 radical (unpaired) electrons. The zero-order valence-corrected chi connectivity index (χ0v) is 9.78. The summed E-state index contributed by atoms with van der Waals surface area (Å²) in [4.78, 5) is 10.9. The average molecular weight is 238 g/mol. The summed E-state index contributed by atoms with van der Waals surface area (Å²) < 4.78 is 0. The largest absolute Gasteiger partial charge is 0.480 e. The van der Waals surface area contributed by atoms with Gasteiger partial charge in [-0.1, -0.05) is 0 Å². The van der Waals surface area contributed by atoms with Crippen molar-refractivity contribution in [2.45, 2.75) is 31.7 Å². The monoisotopic (exact) mass is 238 g/mol. The maximum atomic E-state index is 10.9. The minimum atomic E-state index is -0.889. The summed E-state index contributed by atoms with van der Waals surface area (Å²) in [5.74, 6) is -0.889. The van der Waals surface area contributed by atoms with Crippen LogP contribution < -0.4 is 10.6 Å². The van der Waals surface area contributed by atoms with E-state index in [1.165, 1.54) is 0 Å². The number of carboxylic acids is 1. The first-order chi connectivity index (χ1) is 8.22. The second-order valence-electron chi connectivity index (χ2n) is 3.55. The number of nitriles is 2. The summed E-state index contributed by atoms with van der Waals surface area (Å²) in [6, 6.07) is 3.38. The van der Waals surface area contributed by atoms with Crippen molar-refractivity contribution in [2.75, 3.05) is 19.6 Å². The minimum Gasteiger partial charge on any atom is -0.480 e. The van der Waals surface area contributed by atoms with Crippen LogP contribution in [0, 0.1) is 22.7 Å². The first-order valence-electron chi connectivity index (χ1n) is 5.63. The van der Waals surface area contributed by atoms with Crippen LogP contribution in [0.25, 0.3) is 0 Å². The van der Waals surface area contributed by atoms with Gasteiger partial charge in [0.15, 0.2) is 0 Å². The number of hydrogen-bond acceptors (Lipinski definition) is 5. The quantitative estimate of drug-likeness (QED) is 0.470. The molecule has 1 atom stereocenters. The SMILES string of the molecule is N#CCCNCCC[C@H](NCCC#N)C(=O)O. The van der Waals surface area contributed by atoms with Gasteiger partial charge < -0.3 is 15.7 Å². The Bertz CT molecular complexity index is 293. The highest BCUT2D eigenvalue weighted by molar-refractivity contribution is 5.73. The molecule has 0 amide bonds. The number of carboxylic acid groups (broad SMARTS) is 1. The van der Waals surface area contributed by atoms with E-state index in [1.54, 1.807) is 0 Å². The third-order valence-electron chi connectivity index (χ3n) is 2.19. The maximum Gasteiger partial charge on any atom is 0.320 e. The molecule has 0 aliphatic carbocycles. The Morgan fingerprint density at radius 1 is 1.18 bits per heavy atom. The van der Waals surface area contributed by atoms with E-state index in [2.05, 4.69) is 10.6 Å². The fraction of sp³-hybridized carbons (Fsp3) is 0.727. The molecule has 0 heterocycles. The maximum absolute atomic E-state index is 10.9. The molecule has 0 saturated carbocycles. The third kappa shape index (κ3) is 9.31. The molecule has 3 N–H and O–H groups in total. The van der Waals surface area contributed by atoms with Crippen LogP contribution in [0.5, 0.6) is 0 Å². The van der Waals surface area contributed by atoms with Crippen molar-refractivity contribution < 1.29 is 9.90 Å². The van der Waals surface area contributed by atoms with E-state index in [9.17, 15) is 4.79 Å². The lowest BCUT2D eigenvalue weighted by molar-refractivity contribution is -0.139. The van der Waals surface area contributed by atoms with Crippen LogP contribution >= 0.6 is 0 Å². The zero-order valence-electron chi connectivity index (χ0n) is 9.78. The Morgan fingerprint density at radius 3 is 2.41 bits per heavy atom. The van der Waals surface area contributed by atoms with Gasteiger partial charge in [0.25, 0.3) is 0 Å². The number of hydrogen-bond donors (Lipinski definition) is 3. The molecule has 17 heavy (non-hydrogen) atoms. The summed E-state index contributed by atoms with van der Waals surface area (Å²) in [5, 5.41) is 31.4. The van der Waals surface area contributed by atoms with Crippen LogP contribution in [0.2, 0.25) is 0 Å². The Hall–Kier alpha value is -1.63. The molecule has 6 heteroatoms. The smallest absolute Gasteiger partial charge is 0.320 e. The summed E-state index contributed by atoms with van der Waals surface area (Å²) in [6.45, 7) is 1.73. The number of nitrogens with zero attached hydrogens (tertiary/aromatic N) is 2. The highest BCUT2D eigenvalue weighted by Crippen LogP contribution is 1.97. The van der Waals surface area contributed by atoms with E-state index < -0.39 is 12.0 Å². The molecule has 0 aliphatic rings. The fourth-order valence-electron chi connectivity index (χ4n) is 1.32. The average Bonchev–Trinajstić information content (AvgIpc) is 2.31. The van der Waals surface area contributed by atoms with Gasteiger partial charge in [-0.05, 0) is 19.4 Å².